The van der Waals surface area contributed by atoms with Crippen LogP contribution in [-0.4, -0.2) is 37.0 Å². The topological polar surface area (TPSA) is 75.6 Å². The normalized spacial score (nSPS) is 19.6. The molecule has 0 spiro atoms. The lowest BCUT2D eigenvalue weighted by Crippen LogP contribution is -2.40. The SMILES string of the molecule is COC(=O)C1=C(C2CCNCC2)NC(c2nccs2)=NC1c1ccc(F)cc1Cl.Cl. The molecule has 1 aromatic heterocycles. The van der Waals surface area contributed by atoms with Crippen LogP contribution in [0.1, 0.15) is 29.5 Å². The number of halogens is 3. The molecule has 4 rings (SSSR count). The highest BCUT2D eigenvalue weighted by Gasteiger charge is 2.36. The number of carbonyl (C=O) groups is 1. The molecule has 1 atom stereocenters. The molecular formula is C20H21Cl2FN4O2S. The molecule has 0 radical (unpaired) electrons. The quantitative estimate of drug-likeness (QED) is 0.663. The van der Waals surface area contributed by atoms with Crippen molar-refractivity contribution in [3.63, 3.8) is 0 Å². The summed E-state index contributed by atoms with van der Waals surface area (Å²) in [5.74, 6) is -0.207. The predicted octanol–water partition coefficient (Wildman–Crippen LogP) is 3.88. The first-order valence-corrected chi connectivity index (χ1v) is 10.6. The van der Waals surface area contributed by atoms with Gasteiger partial charge in [0, 0.05) is 33.8 Å². The summed E-state index contributed by atoms with van der Waals surface area (Å²) in [5.41, 5.74) is 1.74. The Balaban J connectivity index is 0.00000256. The van der Waals surface area contributed by atoms with Crippen LogP contribution < -0.4 is 10.6 Å². The van der Waals surface area contributed by atoms with Gasteiger partial charge in [-0.15, -0.1) is 23.7 Å². The molecule has 160 valence electrons. The van der Waals surface area contributed by atoms with Gasteiger partial charge in [0.2, 0.25) is 0 Å². The van der Waals surface area contributed by atoms with Crippen molar-refractivity contribution >= 4 is 47.1 Å². The van der Waals surface area contributed by atoms with Crippen molar-refractivity contribution < 1.29 is 13.9 Å². The first-order chi connectivity index (χ1) is 14.1. The van der Waals surface area contributed by atoms with Crippen molar-refractivity contribution in [3.8, 4) is 0 Å². The Bertz CT molecular complexity index is 975. The Hall–Kier alpha value is -2.00. The summed E-state index contributed by atoms with van der Waals surface area (Å²) in [6, 6.07) is 3.41. The fourth-order valence-corrected chi connectivity index (χ4v) is 4.59. The third-order valence-corrected chi connectivity index (χ3v) is 6.23. The maximum absolute atomic E-state index is 13.7. The van der Waals surface area contributed by atoms with Crippen molar-refractivity contribution in [2.75, 3.05) is 20.2 Å². The molecule has 0 aliphatic carbocycles. The van der Waals surface area contributed by atoms with Gasteiger partial charge in [0.15, 0.2) is 10.8 Å². The van der Waals surface area contributed by atoms with Crippen LogP contribution in [0.3, 0.4) is 0 Å². The van der Waals surface area contributed by atoms with Crippen molar-refractivity contribution in [2.24, 2.45) is 10.9 Å². The Labute approximate surface area is 189 Å². The first kappa shape index (κ1) is 22.7. The van der Waals surface area contributed by atoms with E-state index in [2.05, 4.69) is 15.6 Å². The van der Waals surface area contributed by atoms with E-state index in [-0.39, 0.29) is 23.3 Å². The molecule has 1 aromatic carbocycles. The van der Waals surface area contributed by atoms with Gasteiger partial charge in [0.05, 0.1) is 12.7 Å². The molecule has 0 amide bonds. The number of esters is 1. The summed E-state index contributed by atoms with van der Waals surface area (Å²) in [5, 5.41) is 9.48. The largest absolute Gasteiger partial charge is 0.466 e. The predicted molar refractivity (Wildman–Crippen MR) is 118 cm³/mol. The Morgan fingerprint density at radius 1 is 1.33 bits per heavy atom. The van der Waals surface area contributed by atoms with Crippen LogP contribution in [0.5, 0.6) is 0 Å². The van der Waals surface area contributed by atoms with E-state index >= 15 is 0 Å². The second kappa shape index (κ2) is 9.87. The molecule has 1 unspecified atom stereocenters. The first-order valence-electron chi connectivity index (χ1n) is 9.31. The van der Waals surface area contributed by atoms with E-state index in [1.54, 1.807) is 12.3 Å². The summed E-state index contributed by atoms with van der Waals surface area (Å²) in [4.78, 5) is 21.9. The standard InChI is InChI=1S/C20H20ClFN4O2S.ClH/c1-28-20(27)15-16(11-4-6-23-7-5-11)25-18(19-24-8-9-29-19)26-17(15)13-3-2-12(22)10-14(13)21;/h2-3,8-11,17,23H,4-7H2,1H3,(H,25,26);1H. The smallest absolute Gasteiger partial charge is 0.338 e. The number of hydrogen-bond acceptors (Lipinski definition) is 7. The van der Waals surface area contributed by atoms with Crippen LogP contribution in [0.15, 0.2) is 46.0 Å². The number of aromatic nitrogens is 1. The minimum absolute atomic E-state index is 0. The van der Waals surface area contributed by atoms with E-state index in [1.165, 1.54) is 30.6 Å². The van der Waals surface area contributed by atoms with Crippen LogP contribution in [-0.2, 0) is 9.53 Å². The highest BCUT2D eigenvalue weighted by Crippen LogP contribution is 2.39. The minimum atomic E-state index is -0.708. The molecule has 10 heteroatoms. The zero-order chi connectivity index (χ0) is 20.4. The Morgan fingerprint density at radius 3 is 2.73 bits per heavy atom. The molecule has 1 saturated heterocycles. The van der Waals surface area contributed by atoms with Crippen molar-refractivity contribution in [1.82, 2.24) is 15.6 Å². The monoisotopic (exact) mass is 470 g/mol. The molecule has 2 aliphatic rings. The van der Waals surface area contributed by atoms with Crippen LogP contribution in [0.25, 0.3) is 0 Å². The second-order valence-corrected chi connectivity index (χ2v) is 8.15. The van der Waals surface area contributed by atoms with E-state index in [4.69, 9.17) is 21.3 Å². The van der Waals surface area contributed by atoms with Crippen LogP contribution >= 0.6 is 35.3 Å². The van der Waals surface area contributed by atoms with Crippen LogP contribution in [0.2, 0.25) is 5.02 Å². The number of rotatable bonds is 4. The highest BCUT2D eigenvalue weighted by atomic mass is 35.5. The van der Waals surface area contributed by atoms with Gasteiger partial charge >= 0.3 is 5.97 Å². The van der Waals surface area contributed by atoms with Gasteiger partial charge in [-0.05, 0) is 38.1 Å². The average Bonchev–Trinajstić information content (AvgIpc) is 3.28. The van der Waals surface area contributed by atoms with Crippen molar-refractivity contribution in [1.29, 1.82) is 0 Å². The third-order valence-electron chi connectivity index (χ3n) is 5.12. The van der Waals surface area contributed by atoms with Crippen molar-refractivity contribution in [2.45, 2.75) is 18.9 Å². The molecule has 0 bridgehead atoms. The van der Waals surface area contributed by atoms with Crippen LogP contribution in [0.4, 0.5) is 4.39 Å². The fraction of sp³-hybridized carbons (Fsp3) is 0.350. The fourth-order valence-electron chi connectivity index (χ4n) is 3.73. The molecule has 30 heavy (non-hydrogen) atoms. The number of thiazole rings is 1. The Kier molecular flexibility index (Phi) is 7.46. The number of amidine groups is 1. The second-order valence-electron chi connectivity index (χ2n) is 6.85. The van der Waals surface area contributed by atoms with Crippen LogP contribution in [0, 0.1) is 11.7 Å². The van der Waals surface area contributed by atoms with Gasteiger partial charge in [-0.25, -0.2) is 14.2 Å². The molecule has 2 N–H and O–H groups in total. The van der Waals surface area contributed by atoms with Gasteiger partial charge < -0.3 is 15.4 Å². The number of aliphatic imine (C=N–C) groups is 1. The third kappa shape index (κ3) is 4.51. The summed E-state index contributed by atoms with van der Waals surface area (Å²) in [6.45, 7) is 1.71. The maximum atomic E-state index is 13.7. The molecular weight excluding hydrogens is 450 g/mol. The average molecular weight is 471 g/mol. The molecule has 6 nitrogen and oxygen atoms in total. The summed E-state index contributed by atoms with van der Waals surface area (Å²) in [6.07, 6.45) is 3.45. The van der Waals surface area contributed by atoms with Gasteiger partial charge in [-0.3, -0.25) is 4.99 Å². The number of benzene rings is 1. The summed E-state index contributed by atoms with van der Waals surface area (Å²) >= 11 is 7.80. The van der Waals surface area contributed by atoms with Gasteiger partial charge in [-0.1, -0.05) is 17.7 Å². The molecule has 0 saturated carbocycles. The Morgan fingerprint density at radius 2 is 2.10 bits per heavy atom. The number of methoxy groups -OCH3 is 1. The van der Waals surface area contributed by atoms with E-state index in [1.807, 2.05) is 5.38 Å². The lowest BCUT2D eigenvalue weighted by molar-refractivity contribution is -0.136. The zero-order valence-corrected chi connectivity index (χ0v) is 18.5. The number of ether oxygens (including phenoxy) is 1. The van der Waals surface area contributed by atoms with Crippen molar-refractivity contribution in [3.05, 3.63) is 62.5 Å². The number of hydrogen-bond donors (Lipinski definition) is 2. The van der Waals surface area contributed by atoms with E-state index in [9.17, 15) is 9.18 Å². The van der Waals surface area contributed by atoms with E-state index < -0.39 is 17.8 Å². The zero-order valence-electron chi connectivity index (χ0n) is 16.2. The molecule has 2 aromatic rings. The van der Waals surface area contributed by atoms with E-state index in [0.29, 0.717) is 22.0 Å². The van der Waals surface area contributed by atoms with Gasteiger partial charge in [-0.2, -0.15) is 0 Å². The van der Waals surface area contributed by atoms with E-state index in [0.717, 1.165) is 31.6 Å². The number of nitrogens with one attached hydrogen (secondary N) is 2. The number of piperidine rings is 1. The lowest BCUT2D eigenvalue weighted by atomic mass is 9.86. The molecule has 1 fully saturated rings. The number of allylic oxidation sites excluding steroid dienone is 1. The van der Waals surface area contributed by atoms with Gasteiger partial charge in [0.1, 0.15) is 11.9 Å². The molecule has 2 aliphatic heterocycles. The molecule has 3 heterocycles. The lowest BCUT2D eigenvalue weighted by Gasteiger charge is -2.33. The highest BCUT2D eigenvalue weighted by molar-refractivity contribution is 7.11. The summed E-state index contributed by atoms with van der Waals surface area (Å²) in [7, 11) is 1.35. The number of carbonyl (C=O) groups excluding carboxylic acids is 1. The maximum Gasteiger partial charge on any atom is 0.338 e. The number of nitrogens with zero attached hydrogens (tertiary/aromatic N) is 2. The summed E-state index contributed by atoms with van der Waals surface area (Å²) < 4.78 is 18.8. The van der Waals surface area contributed by atoms with Gasteiger partial charge in [0.25, 0.3) is 0 Å². The minimum Gasteiger partial charge on any atom is -0.466 e.